The summed E-state index contributed by atoms with van der Waals surface area (Å²) in [6.45, 7) is 0.475. The van der Waals surface area contributed by atoms with Gasteiger partial charge in [-0.15, -0.1) is 0 Å². The van der Waals surface area contributed by atoms with Crippen molar-refractivity contribution in [2.45, 2.75) is 12.8 Å². The van der Waals surface area contributed by atoms with E-state index in [0.717, 1.165) is 0 Å². The Bertz CT molecular complexity index is 292. The van der Waals surface area contributed by atoms with Crippen molar-refractivity contribution < 1.29 is 13.9 Å². The van der Waals surface area contributed by atoms with E-state index in [0.29, 0.717) is 5.56 Å². The van der Waals surface area contributed by atoms with Gasteiger partial charge >= 0.3 is 0 Å². The first-order valence-electron chi connectivity index (χ1n) is 3.82. The summed E-state index contributed by atoms with van der Waals surface area (Å²) < 4.78 is 25.9. The summed E-state index contributed by atoms with van der Waals surface area (Å²) >= 11 is 0. The topological polar surface area (TPSA) is 46.2 Å². The highest BCUT2D eigenvalue weighted by Crippen LogP contribution is 2.29. The number of anilines is 1. The lowest BCUT2D eigenvalue weighted by Gasteiger charge is -2.14. The van der Waals surface area contributed by atoms with E-state index >= 15 is 0 Å². The largest absolute Gasteiger partial charge is 0.399 e. The maximum atomic E-state index is 12.9. The quantitative estimate of drug-likeness (QED) is 0.691. The minimum absolute atomic E-state index is 0.243. The van der Waals surface area contributed by atoms with Crippen molar-refractivity contribution in [3.05, 3.63) is 29.3 Å². The van der Waals surface area contributed by atoms with Crippen LogP contribution in [0, 0.1) is 6.92 Å². The summed E-state index contributed by atoms with van der Waals surface area (Å²) in [7, 11) is 0. The number of hydrogen-bond acceptors (Lipinski definition) is 2. The molecule has 0 bridgehead atoms. The number of aryl methyl sites for hydroxylation is 1. The molecule has 0 spiro atoms. The monoisotopic (exact) mass is 187 g/mol. The molecule has 0 heterocycles. The Morgan fingerprint density at radius 3 is 2.46 bits per heavy atom. The number of nitrogens with two attached hydrogens (primary N) is 1. The molecule has 0 saturated heterocycles. The van der Waals surface area contributed by atoms with Gasteiger partial charge in [0, 0.05) is 11.3 Å². The molecule has 0 radical (unpaired) electrons. The molecule has 2 nitrogen and oxygen atoms in total. The number of benzene rings is 1. The van der Waals surface area contributed by atoms with Crippen LogP contribution in [0.5, 0.6) is 0 Å². The van der Waals surface area contributed by atoms with Gasteiger partial charge in [0.25, 0.3) is 5.92 Å². The van der Waals surface area contributed by atoms with Crippen LogP contribution in [0.1, 0.15) is 11.1 Å². The third-order valence-corrected chi connectivity index (χ3v) is 1.72. The summed E-state index contributed by atoms with van der Waals surface area (Å²) in [6.07, 6.45) is 0. The molecule has 1 aromatic carbocycles. The molecule has 3 N–H and O–H groups in total. The van der Waals surface area contributed by atoms with E-state index < -0.39 is 12.5 Å². The maximum Gasteiger partial charge on any atom is 0.295 e. The average molecular weight is 187 g/mol. The van der Waals surface area contributed by atoms with Crippen molar-refractivity contribution in [1.29, 1.82) is 0 Å². The highest BCUT2D eigenvalue weighted by Gasteiger charge is 2.30. The smallest absolute Gasteiger partial charge is 0.295 e. The molecule has 0 unspecified atom stereocenters. The van der Waals surface area contributed by atoms with Gasteiger partial charge < -0.3 is 10.8 Å². The molecule has 0 fully saturated rings. The van der Waals surface area contributed by atoms with Crippen molar-refractivity contribution in [1.82, 2.24) is 0 Å². The SMILES string of the molecule is Cc1cc(N)cc(C(F)(F)CO)c1. The van der Waals surface area contributed by atoms with Gasteiger partial charge in [0.1, 0.15) is 6.61 Å². The lowest BCUT2D eigenvalue weighted by Crippen LogP contribution is -2.18. The van der Waals surface area contributed by atoms with Crippen LogP contribution in [0.15, 0.2) is 18.2 Å². The second-order valence-electron chi connectivity index (χ2n) is 2.99. The number of alkyl halides is 2. The zero-order chi connectivity index (χ0) is 10.1. The number of nitrogen functional groups attached to an aromatic ring is 1. The number of aliphatic hydroxyl groups excluding tert-OH is 1. The zero-order valence-electron chi connectivity index (χ0n) is 7.22. The minimum atomic E-state index is -3.21. The van der Waals surface area contributed by atoms with E-state index in [1.807, 2.05) is 0 Å². The first-order chi connectivity index (χ1) is 5.95. The average Bonchev–Trinajstić information content (AvgIpc) is 2.02. The summed E-state index contributed by atoms with van der Waals surface area (Å²) in [5.41, 5.74) is 6.09. The molecule has 1 rings (SSSR count). The van der Waals surface area contributed by atoms with E-state index in [-0.39, 0.29) is 11.3 Å². The molecule has 0 aliphatic carbocycles. The molecule has 0 aromatic heterocycles. The number of rotatable bonds is 2. The van der Waals surface area contributed by atoms with Crippen molar-refractivity contribution >= 4 is 5.69 Å². The van der Waals surface area contributed by atoms with Crippen LogP contribution in [-0.4, -0.2) is 11.7 Å². The van der Waals surface area contributed by atoms with Gasteiger partial charge in [0.2, 0.25) is 0 Å². The lowest BCUT2D eigenvalue weighted by molar-refractivity contribution is -0.0556. The van der Waals surface area contributed by atoms with Crippen molar-refractivity contribution in [3.63, 3.8) is 0 Å². The predicted molar refractivity (Wildman–Crippen MR) is 46.6 cm³/mol. The molecule has 0 saturated carbocycles. The van der Waals surface area contributed by atoms with Crippen LogP contribution in [0.25, 0.3) is 0 Å². The van der Waals surface area contributed by atoms with E-state index in [4.69, 9.17) is 10.8 Å². The number of halogens is 2. The molecular formula is C9H11F2NO. The summed E-state index contributed by atoms with van der Waals surface area (Å²) in [6, 6.07) is 4.08. The van der Waals surface area contributed by atoms with Crippen molar-refractivity contribution in [2.75, 3.05) is 12.3 Å². The Morgan fingerprint density at radius 1 is 1.38 bits per heavy atom. The molecule has 0 atom stereocenters. The standard InChI is InChI=1S/C9H11F2NO/c1-6-2-7(4-8(12)3-6)9(10,11)5-13/h2-4,13H,5,12H2,1H3. The fourth-order valence-corrected chi connectivity index (χ4v) is 1.12. The second-order valence-corrected chi connectivity index (χ2v) is 2.99. The fraction of sp³-hybridized carbons (Fsp3) is 0.333. The molecule has 13 heavy (non-hydrogen) atoms. The Labute approximate surface area is 75.0 Å². The Morgan fingerprint density at radius 2 is 2.00 bits per heavy atom. The zero-order valence-corrected chi connectivity index (χ0v) is 7.22. The molecule has 1 aromatic rings. The van der Waals surface area contributed by atoms with Gasteiger partial charge in [-0.25, -0.2) is 0 Å². The van der Waals surface area contributed by atoms with Crippen molar-refractivity contribution in [2.24, 2.45) is 0 Å². The summed E-state index contributed by atoms with van der Waals surface area (Å²) in [5, 5.41) is 8.44. The predicted octanol–water partition coefficient (Wildman–Crippen LogP) is 1.66. The fourth-order valence-electron chi connectivity index (χ4n) is 1.12. The molecule has 0 amide bonds. The first-order valence-corrected chi connectivity index (χ1v) is 3.82. The molecule has 0 aliphatic rings. The van der Waals surface area contributed by atoms with Gasteiger partial charge in [-0.1, -0.05) is 0 Å². The lowest BCUT2D eigenvalue weighted by atomic mass is 10.1. The molecule has 0 aliphatic heterocycles. The van der Waals surface area contributed by atoms with Gasteiger partial charge in [0.05, 0.1) is 0 Å². The van der Waals surface area contributed by atoms with Crippen LogP contribution < -0.4 is 5.73 Å². The minimum Gasteiger partial charge on any atom is -0.399 e. The third kappa shape index (κ3) is 2.15. The summed E-state index contributed by atoms with van der Waals surface area (Å²) in [4.78, 5) is 0. The summed E-state index contributed by atoms with van der Waals surface area (Å²) in [5.74, 6) is -3.21. The van der Waals surface area contributed by atoms with E-state index in [2.05, 4.69) is 0 Å². The maximum absolute atomic E-state index is 12.9. The van der Waals surface area contributed by atoms with Crippen LogP contribution >= 0.6 is 0 Å². The Hall–Kier alpha value is -1.16. The number of aliphatic hydroxyl groups is 1. The Kier molecular flexibility index (Phi) is 2.52. The molecule has 72 valence electrons. The highest BCUT2D eigenvalue weighted by atomic mass is 19.3. The second kappa shape index (κ2) is 3.30. The normalized spacial score (nSPS) is 11.7. The van der Waals surface area contributed by atoms with Gasteiger partial charge in [-0.05, 0) is 30.7 Å². The van der Waals surface area contributed by atoms with E-state index in [1.54, 1.807) is 13.0 Å². The van der Waals surface area contributed by atoms with Gasteiger partial charge in [-0.2, -0.15) is 8.78 Å². The first kappa shape index (κ1) is 9.92. The van der Waals surface area contributed by atoms with Gasteiger partial charge in [0.15, 0.2) is 0 Å². The third-order valence-electron chi connectivity index (χ3n) is 1.72. The van der Waals surface area contributed by atoms with Crippen LogP contribution in [0.4, 0.5) is 14.5 Å². The van der Waals surface area contributed by atoms with Gasteiger partial charge in [-0.3, -0.25) is 0 Å². The van der Waals surface area contributed by atoms with Crippen LogP contribution in [0.2, 0.25) is 0 Å². The van der Waals surface area contributed by atoms with E-state index in [9.17, 15) is 8.78 Å². The highest BCUT2D eigenvalue weighted by molar-refractivity contribution is 5.45. The number of hydrogen-bond donors (Lipinski definition) is 2. The molecular weight excluding hydrogens is 176 g/mol. The van der Waals surface area contributed by atoms with Crippen LogP contribution in [-0.2, 0) is 5.92 Å². The van der Waals surface area contributed by atoms with E-state index in [1.165, 1.54) is 12.1 Å². The Balaban J connectivity index is 3.15. The molecule has 4 heteroatoms. The van der Waals surface area contributed by atoms with Crippen LogP contribution in [0.3, 0.4) is 0 Å². The van der Waals surface area contributed by atoms with Crippen molar-refractivity contribution in [3.8, 4) is 0 Å².